The summed E-state index contributed by atoms with van der Waals surface area (Å²) in [6.45, 7) is 7.26. The van der Waals surface area contributed by atoms with Crippen molar-refractivity contribution >= 4 is 0 Å². The van der Waals surface area contributed by atoms with Crippen LogP contribution in [-0.4, -0.2) is 0 Å². The van der Waals surface area contributed by atoms with Crippen molar-refractivity contribution in [1.82, 2.24) is 5.32 Å². The van der Waals surface area contributed by atoms with Gasteiger partial charge in [0.25, 0.3) is 0 Å². The van der Waals surface area contributed by atoms with E-state index in [0.717, 1.165) is 12.3 Å². The highest BCUT2D eigenvalue weighted by Gasteiger charge is 2.07. The summed E-state index contributed by atoms with van der Waals surface area (Å²) in [6, 6.07) is 10.7. The van der Waals surface area contributed by atoms with Crippen molar-refractivity contribution in [2.75, 3.05) is 0 Å². The van der Waals surface area contributed by atoms with Crippen LogP contribution >= 0.6 is 0 Å². The molecule has 2 aromatic rings. The van der Waals surface area contributed by atoms with Gasteiger partial charge in [-0.2, -0.15) is 0 Å². The van der Waals surface area contributed by atoms with Crippen LogP contribution in [0.5, 0.6) is 0 Å². The molecule has 0 aliphatic rings. The van der Waals surface area contributed by atoms with Crippen LogP contribution in [-0.2, 0) is 6.54 Å². The summed E-state index contributed by atoms with van der Waals surface area (Å²) in [7, 11) is 0. The Balaban J connectivity index is 1.98. The molecule has 0 radical (unpaired) electrons. The van der Waals surface area contributed by atoms with Crippen LogP contribution in [0, 0.1) is 13.8 Å². The number of aryl methyl sites for hydroxylation is 2. The Morgan fingerprint density at radius 2 is 2.06 bits per heavy atom. The highest BCUT2D eigenvalue weighted by Crippen LogP contribution is 2.15. The molecule has 2 nitrogen and oxygen atoms in total. The zero-order valence-electron chi connectivity index (χ0n) is 10.7. The molecule has 0 aliphatic carbocycles. The Kier molecular flexibility index (Phi) is 3.64. The van der Waals surface area contributed by atoms with E-state index in [4.69, 9.17) is 4.42 Å². The summed E-state index contributed by atoms with van der Waals surface area (Å²) >= 11 is 0. The normalized spacial score (nSPS) is 12.6. The third-order valence-corrected chi connectivity index (χ3v) is 3.07. The van der Waals surface area contributed by atoms with Gasteiger partial charge in [0.2, 0.25) is 0 Å². The van der Waals surface area contributed by atoms with Gasteiger partial charge in [-0.3, -0.25) is 0 Å². The first-order valence-corrected chi connectivity index (χ1v) is 6.00. The van der Waals surface area contributed by atoms with Crippen LogP contribution in [0.2, 0.25) is 0 Å². The molecular weight excluding hydrogens is 210 g/mol. The Morgan fingerprint density at radius 1 is 1.24 bits per heavy atom. The van der Waals surface area contributed by atoms with Gasteiger partial charge < -0.3 is 9.73 Å². The SMILES string of the molecule is Cc1ccc(CNC(C)c2ccco2)c(C)c1. The molecule has 0 spiro atoms. The van der Waals surface area contributed by atoms with Gasteiger partial charge in [-0.1, -0.05) is 23.8 Å². The molecule has 1 aromatic carbocycles. The molecule has 1 atom stereocenters. The smallest absolute Gasteiger partial charge is 0.120 e. The lowest BCUT2D eigenvalue weighted by atomic mass is 10.1. The van der Waals surface area contributed by atoms with Crippen molar-refractivity contribution in [2.24, 2.45) is 0 Å². The molecule has 90 valence electrons. The number of nitrogens with one attached hydrogen (secondary N) is 1. The second-order valence-electron chi connectivity index (χ2n) is 4.55. The molecular formula is C15H19NO. The molecule has 1 N–H and O–H groups in total. The predicted molar refractivity (Wildman–Crippen MR) is 69.9 cm³/mol. The Bertz CT molecular complexity index is 474. The van der Waals surface area contributed by atoms with Crippen LogP contribution < -0.4 is 5.32 Å². The number of rotatable bonds is 4. The molecule has 0 saturated heterocycles. The molecule has 0 amide bonds. The van der Waals surface area contributed by atoms with Gasteiger partial charge in [-0.15, -0.1) is 0 Å². The fourth-order valence-electron chi connectivity index (χ4n) is 1.95. The zero-order chi connectivity index (χ0) is 12.3. The fraction of sp³-hybridized carbons (Fsp3) is 0.333. The summed E-state index contributed by atoms with van der Waals surface area (Å²) in [5.74, 6) is 0.981. The van der Waals surface area contributed by atoms with Crippen LogP contribution in [0.3, 0.4) is 0 Å². The molecule has 0 saturated carbocycles. The van der Waals surface area contributed by atoms with Crippen molar-refractivity contribution in [2.45, 2.75) is 33.4 Å². The van der Waals surface area contributed by atoms with E-state index in [0.29, 0.717) is 0 Å². The lowest BCUT2D eigenvalue weighted by molar-refractivity contribution is 0.430. The Labute approximate surface area is 103 Å². The number of furan rings is 1. The van der Waals surface area contributed by atoms with Gasteiger partial charge >= 0.3 is 0 Å². The molecule has 0 fully saturated rings. The molecule has 1 unspecified atom stereocenters. The molecule has 0 aliphatic heterocycles. The van der Waals surface area contributed by atoms with Gasteiger partial charge in [0.15, 0.2) is 0 Å². The molecule has 1 aromatic heterocycles. The average molecular weight is 229 g/mol. The van der Waals surface area contributed by atoms with Gasteiger partial charge in [0.1, 0.15) is 5.76 Å². The second kappa shape index (κ2) is 5.19. The van der Waals surface area contributed by atoms with Gasteiger partial charge in [0.05, 0.1) is 12.3 Å². The number of hydrogen-bond acceptors (Lipinski definition) is 2. The van der Waals surface area contributed by atoms with Crippen molar-refractivity contribution in [3.05, 3.63) is 59.0 Å². The van der Waals surface area contributed by atoms with E-state index in [9.17, 15) is 0 Å². The largest absolute Gasteiger partial charge is 0.468 e. The zero-order valence-corrected chi connectivity index (χ0v) is 10.7. The second-order valence-corrected chi connectivity index (χ2v) is 4.55. The predicted octanol–water partition coefficient (Wildman–Crippen LogP) is 3.75. The van der Waals surface area contributed by atoms with Crippen molar-refractivity contribution < 1.29 is 4.42 Å². The van der Waals surface area contributed by atoms with E-state index >= 15 is 0 Å². The maximum absolute atomic E-state index is 5.37. The third kappa shape index (κ3) is 2.98. The molecule has 2 rings (SSSR count). The summed E-state index contributed by atoms with van der Waals surface area (Å²) in [4.78, 5) is 0. The van der Waals surface area contributed by atoms with Crippen molar-refractivity contribution in [3.8, 4) is 0 Å². The highest BCUT2D eigenvalue weighted by atomic mass is 16.3. The Morgan fingerprint density at radius 3 is 2.71 bits per heavy atom. The van der Waals surface area contributed by atoms with E-state index in [-0.39, 0.29) is 6.04 Å². The van der Waals surface area contributed by atoms with Crippen LogP contribution in [0.25, 0.3) is 0 Å². The highest BCUT2D eigenvalue weighted by molar-refractivity contribution is 5.30. The van der Waals surface area contributed by atoms with Crippen molar-refractivity contribution in [1.29, 1.82) is 0 Å². The Hall–Kier alpha value is -1.54. The summed E-state index contributed by atoms with van der Waals surface area (Å²) < 4.78 is 5.37. The molecule has 17 heavy (non-hydrogen) atoms. The van der Waals surface area contributed by atoms with E-state index < -0.39 is 0 Å². The minimum atomic E-state index is 0.241. The van der Waals surface area contributed by atoms with Crippen molar-refractivity contribution in [3.63, 3.8) is 0 Å². The minimum absolute atomic E-state index is 0.241. The van der Waals surface area contributed by atoms with Crippen LogP contribution in [0.4, 0.5) is 0 Å². The lowest BCUT2D eigenvalue weighted by Gasteiger charge is -2.13. The molecule has 0 bridgehead atoms. The van der Waals surface area contributed by atoms with Gasteiger partial charge in [-0.25, -0.2) is 0 Å². The summed E-state index contributed by atoms with van der Waals surface area (Å²) in [5.41, 5.74) is 3.99. The standard InChI is InChI=1S/C15H19NO/c1-11-6-7-14(12(2)9-11)10-16-13(3)15-5-4-8-17-15/h4-9,13,16H,10H2,1-3H3. The number of hydrogen-bond donors (Lipinski definition) is 1. The van der Waals surface area contributed by atoms with Gasteiger partial charge in [-0.05, 0) is 44.0 Å². The van der Waals surface area contributed by atoms with E-state index in [1.54, 1.807) is 6.26 Å². The van der Waals surface area contributed by atoms with E-state index in [2.05, 4.69) is 44.3 Å². The lowest BCUT2D eigenvalue weighted by Crippen LogP contribution is -2.18. The van der Waals surface area contributed by atoms with Crippen LogP contribution in [0.15, 0.2) is 41.0 Å². The maximum Gasteiger partial charge on any atom is 0.120 e. The topological polar surface area (TPSA) is 25.2 Å². The summed E-state index contributed by atoms with van der Waals surface area (Å²) in [5, 5.41) is 3.47. The number of benzene rings is 1. The minimum Gasteiger partial charge on any atom is -0.468 e. The van der Waals surface area contributed by atoms with Crippen LogP contribution in [0.1, 0.15) is 35.4 Å². The summed E-state index contributed by atoms with van der Waals surface area (Å²) in [6.07, 6.45) is 1.71. The fourth-order valence-corrected chi connectivity index (χ4v) is 1.95. The third-order valence-electron chi connectivity index (χ3n) is 3.07. The molecule has 1 heterocycles. The first-order chi connectivity index (χ1) is 8.16. The van der Waals surface area contributed by atoms with E-state index in [1.165, 1.54) is 16.7 Å². The average Bonchev–Trinajstić information content (AvgIpc) is 2.81. The quantitative estimate of drug-likeness (QED) is 0.863. The first-order valence-electron chi connectivity index (χ1n) is 6.00. The van der Waals surface area contributed by atoms with E-state index in [1.807, 2.05) is 12.1 Å². The maximum atomic E-state index is 5.37. The van der Waals surface area contributed by atoms with Gasteiger partial charge in [0, 0.05) is 6.54 Å². The monoisotopic (exact) mass is 229 g/mol. The molecule has 2 heteroatoms. The first kappa shape index (κ1) is 11.9.